The first-order valence-electron chi connectivity index (χ1n) is 7.57. The van der Waals surface area contributed by atoms with Crippen LogP contribution in [0.1, 0.15) is 11.6 Å². The zero-order chi connectivity index (χ0) is 15.9. The van der Waals surface area contributed by atoms with Crippen molar-refractivity contribution in [2.24, 2.45) is 4.99 Å². The van der Waals surface area contributed by atoms with Gasteiger partial charge in [0.1, 0.15) is 5.82 Å². The largest absolute Gasteiger partial charge is 0.379 e. The number of hydrogen-bond acceptors (Lipinski definition) is 3. The van der Waals surface area contributed by atoms with Crippen molar-refractivity contribution in [1.82, 2.24) is 15.1 Å². The summed E-state index contributed by atoms with van der Waals surface area (Å²) in [7, 11) is 5.68. The van der Waals surface area contributed by atoms with Gasteiger partial charge in [0.05, 0.1) is 19.3 Å². The molecule has 2 rings (SSSR count). The molecule has 0 aliphatic carbocycles. The molecule has 1 aliphatic rings. The third-order valence-corrected chi connectivity index (χ3v) is 3.83. The second-order valence-electron chi connectivity index (χ2n) is 5.54. The van der Waals surface area contributed by atoms with Crippen LogP contribution in [0.15, 0.2) is 29.3 Å². The number of nitrogens with one attached hydrogen (secondary N) is 1. The van der Waals surface area contributed by atoms with Crippen molar-refractivity contribution in [3.8, 4) is 0 Å². The number of halogens is 1. The number of morpholine rings is 1. The van der Waals surface area contributed by atoms with Crippen LogP contribution < -0.4 is 5.32 Å². The lowest BCUT2D eigenvalue weighted by molar-refractivity contribution is 0.0169. The highest BCUT2D eigenvalue weighted by atomic mass is 19.1. The maximum atomic E-state index is 13.2. The SMILES string of the molecule is CN=C(NCC(c1ccc(F)cc1)N1CCOCC1)N(C)C. The van der Waals surface area contributed by atoms with Crippen molar-refractivity contribution < 1.29 is 9.13 Å². The number of rotatable bonds is 4. The maximum absolute atomic E-state index is 13.2. The number of hydrogen-bond donors (Lipinski definition) is 1. The Morgan fingerprint density at radius 2 is 1.95 bits per heavy atom. The average Bonchev–Trinajstić information content (AvgIpc) is 2.53. The van der Waals surface area contributed by atoms with E-state index in [0.29, 0.717) is 0 Å². The molecule has 0 saturated carbocycles. The van der Waals surface area contributed by atoms with Gasteiger partial charge in [-0.3, -0.25) is 9.89 Å². The standard InChI is InChI=1S/C16H25FN4O/c1-18-16(20(2)3)19-12-15(21-8-10-22-11-9-21)13-4-6-14(17)7-5-13/h4-7,15H,8-12H2,1-3H3,(H,18,19). The summed E-state index contributed by atoms with van der Waals surface area (Å²) in [4.78, 5) is 8.55. The number of benzene rings is 1. The number of ether oxygens (including phenoxy) is 1. The van der Waals surface area contributed by atoms with Gasteiger partial charge in [0.2, 0.25) is 0 Å². The predicted molar refractivity (Wildman–Crippen MR) is 86.6 cm³/mol. The van der Waals surface area contributed by atoms with E-state index in [1.165, 1.54) is 12.1 Å². The Morgan fingerprint density at radius 3 is 2.50 bits per heavy atom. The third-order valence-electron chi connectivity index (χ3n) is 3.83. The molecule has 1 atom stereocenters. The minimum atomic E-state index is -0.207. The molecule has 22 heavy (non-hydrogen) atoms. The van der Waals surface area contributed by atoms with Crippen molar-refractivity contribution in [1.29, 1.82) is 0 Å². The number of guanidine groups is 1. The summed E-state index contributed by atoms with van der Waals surface area (Å²) in [6.45, 7) is 3.95. The van der Waals surface area contributed by atoms with Gasteiger partial charge in [-0.05, 0) is 17.7 Å². The van der Waals surface area contributed by atoms with Gasteiger partial charge in [0.15, 0.2) is 5.96 Å². The molecule has 1 N–H and O–H groups in total. The van der Waals surface area contributed by atoms with E-state index in [0.717, 1.165) is 44.4 Å². The van der Waals surface area contributed by atoms with E-state index in [4.69, 9.17) is 4.74 Å². The minimum absolute atomic E-state index is 0.168. The lowest BCUT2D eigenvalue weighted by Crippen LogP contribution is -2.46. The zero-order valence-corrected chi connectivity index (χ0v) is 13.6. The van der Waals surface area contributed by atoms with Crippen LogP contribution in [-0.2, 0) is 4.74 Å². The van der Waals surface area contributed by atoms with Gasteiger partial charge < -0.3 is 15.0 Å². The third kappa shape index (κ3) is 4.42. The molecule has 1 heterocycles. The highest BCUT2D eigenvalue weighted by Crippen LogP contribution is 2.21. The molecule has 1 aromatic carbocycles. The first kappa shape index (κ1) is 16.7. The Labute approximate surface area is 131 Å². The fraction of sp³-hybridized carbons (Fsp3) is 0.562. The van der Waals surface area contributed by atoms with E-state index in [9.17, 15) is 4.39 Å². The van der Waals surface area contributed by atoms with E-state index < -0.39 is 0 Å². The molecule has 1 unspecified atom stereocenters. The van der Waals surface area contributed by atoms with Gasteiger partial charge in [0.25, 0.3) is 0 Å². The second kappa shape index (κ2) is 8.10. The molecule has 1 aromatic rings. The van der Waals surface area contributed by atoms with Gasteiger partial charge in [-0.15, -0.1) is 0 Å². The van der Waals surface area contributed by atoms with Gasteiger partial charge in [-0.2, -0.15) is 0 Å². The molecule has 1 saturated heterocycles. The molecular weight excluding hydrogens is 283 g/mol. The monoisotopic (exact) mass is 308 g/mol. The van der Waals surface area contributed by atoms with E-state index in [2.05, 4.69) is 15.2 Å². The summed E-state index contributed by atoms with van der Waals surface area (Å²) < 4.78 is 18.6. The Kier molecular flexibility index (Phi) is 6.15. The lowest BCUT2D eigenvalue weighted by atomic mass is 10.0. The highest BCUT2D eigenvalue weighted by molar-refractivity contribution is 5.79. The molecule has 122 valence electrons. The summed E-state index contributed by atoms with van der Waals surface area (Å²) >= 11 is 0. The van der Waals surface area contributed by atoms with Crippen molar-refractivity contribution in [2.75, 3.05) is 54.0 Å². The topological polar surface area (TPSA) is 40.1 Å². The van der Waals surface area contributed by atoms with E-state index in [1.807, 2.05) is 31.1 Å². The Hall–Kier alpha value is -1.66. The molecule has 0 spiro atoms. The van der Waals surface area contributed by atoms with Crippen LogP contribution in [0.2, 0.25) is 0 Å². The van der Waals surface area contributed by atoms with Gasteiger partial charge in [-0.25, -0.2) is 4.39 Å². The van der Waals surface area contributed by atoms with Gasteiger partial charge in [-0.1, -0.05) is 12.1 Å². The Bertz CT molecular complexity index is 483. The molecule has 0 amide bonds. The summed E-state index contributed by atoms with van der Waals surface area (Å²) in [5.41, 5.74) is 1.10. The van der Waals surface area contributed by atoms with Crippen molar-refractivity contribution in [3.05, 3.63) is 35.6 Å². The summed E-state index contributed by atoms with van der Waals surface area (Å²) in [6.07, 6.45) is 0. The van der Waals surface area contributed by atoms with Crippen LogP contribution in [0.25, 0.3) is 0 Å². The Morgan fingerprint density at radius 1 is 1.32 bits per heavy atom. The second-order valence-corrected chi connectivity index (χ2v) is 5.54. The first-order chi connectivity index (χ1) is 10.6. The molecule has 5 nitrogen and oxygen atoms in total. The number of nitrogens with zero attached hydrogens (tertiary/aromatic N) is 3. The highest BCUT2D eigenvalue weighted by Gasteiger charge is 2.23. The average molecular weight is 308 g/mol. The van der Waals surface area contributed by atoms with Crippen molar-refractivity contribution in [3.63, 3.8) is 0 Å². The lowest BCUT2D eigenvalue weighted by Gasteiger charge is -2.35. The zero-order valence-electron chi connectivity index (χ0n) is 13.6. The van der Waals surface area contributed by atoms with E-state index in [-0.39, 0.29) is 11.9 Å². The Balaban J connectivity index is 2.12. The molecule has 0 radical (unpaired) electrons. The number of aliphatic imine (C=N–C) groups is 1. The minimum Gasteiger partial charge on any atom is -0.379 e. The van der Waals surface area contributed by atoms with Crippen molar-refractivity contribution in [2.45, 2.75) is 6.04 Å². The van der Waals surface area contributed by atoms with Gasteiger partial charge in [0, 0.05) is 40.8 Å². The van der Waals surface area contributed by atoms with Crippen LogP contribution in [-0.4, -0.2) is 69.8 Å². The first-order valence-corrected chi connectivity index (χ1v) is 7.57. The molecule has 1 fully saturated rings. The molecule has 0 bridgehead atoms. The summed E-state index contributed by atoms with van der Waals surface area (Å²) in [5, 5.41) is 3.38. The van der Waals surface area contributed by atoms with Crippen LogP contribution >= 0.6 is 0 Å². The van der Waals surface area contributed by atoms with E-state index >= 15 is 0 Å². The summed E-state index contributed by atoms with van der Waals surface area (Å²) in [5.74, 6) is 0.627. The fourth-order valence-electron chi connectivity index (χ4n) is 2.66. The normalized spacial score (nSPS) is 18.1. The van der Waals surface area contributed by atoms with Crippen LogP contribution in [0, 0.1) is 5.82 Å². The van der Waals surface area contributed by atoms with E-state index in [1.54, 1.807) is 7.05 Å². The predicted octanol–water partition coefficient (Wildman–Crippen LogP) is 1.34. The maximum Gasteiger partial charge on any atom is 0.193 e. The van der Waals surface area contributed by atoms with Crippen molar-refractivity contribution >= 4 is 5.96 Å². The molecular formula is C16H25FN4O. The quantitative estimate of drug-likeness (QED) is 0.673. The van der Waals surface area contributed by atoms with Gasteiger partial charge >= 0.3 is 0 Å². The summed E-state index contributed by atoms with van der Waals surface area (Å²) in [6, 6.07) is 6.92. The van der Waals surface area contributed by atoms with Crippen LogP contribution in [0.5, 0.6) is 0 Å². The van der Waals surface area contributed by atoms with Crippen LogP contribution in [0.3, 0.4) is 0 Å². The molecule has 1 aliphatic heterocycles. The smallest absolute Gasteiger partial charge is 0.193 e. The molecule has 0 aromatic heterocycles. The fourth-order valence-corrected chi connectivity index (χ4v) is 2.66. The molecule has 6 heteroatoms. The van der Waals surface area contributed by atoms with Crippen LogP contribution in [0.4, 0.5) is 4.39 Å².